The number of halogens is 1. The van der Waals surface area contributed by atoms with Gasteiger partial charge >= 0.3 is 5.97 Å². The van der Waals surface area contributed by atoms with Crippen molar-refractivity contribution < 1.29 is 22.7 Å². The maximum absolute atomic E-state index is 13.4. The Kier molecular flexibility index (Phi) is 4.34. The van der Waals surface area contributed by atoms with Gasteiger partial charge in [-0.25, -0.2) is 17.6 Å². The van der Waals surface area contributed by atoms with Gasteiger partial charge in [-0.05, 0) is 44.9 Å². The molecule has 7 heteroatoms. The third-order valence-corrected chi connectivity index (χ3v) is 5.98. The van der Waals surface area contributed by atoms with E-state index >= 15 is 0 Å². The summed E-state index contributed by atoms with van der Waals surface area (Å²) in [5.41, 5.74) is -0.631. The van der Waals surface area contributed by atoms with E-state index in [4.69, 9.17) is 5.11 Å². The highest BCUT2D eigenvalue weighted by Gasteiger charge is 2.36. The summed E-state index contributed by atoms with van der Waals surface area (Å²) in [5.74, 6) is -2.43. The van der Waals surface area contributed by atoms with Crippen LogP contribution in [0.25, 0.3) is 0 Å². The van der Waals surface area contributed by atoms with Gasteiger partial charge in [0.1, 0.15) is 5.82 Å². The first-order chi connectivity index (χ1) is 9.75. The Bertz CT molecular complexity index is 649. The number of sulfonamides is 1. The number of piperidine rings is 1. The number of rotatable bonds is 3. The topological polar surface area (TPSA) is 74.7 Å². The number of carboxylic acid groups (broad SMARTS) is 1. The first-order valence-corrected chi connectivity index (χ1v) is 8.25. The molecule has 1 aromatic rings. The highest BCUT2D eigenvalue weighted by Crippen LogP contribution is 2.30. The predicted octanol–water partition coefficient (Wildman–Crippen LogP) is 2.48. The normalized spacial score (nSPS) is 24.0. The van der Waals surface area contributed by atoms with E-state index in [1.807, 2.05) is 13.8 Å². The molecule has 0 bridgehead atoms. The molecule has 1 aliphatic rings. The van der Waals surface area contributed by atoms with Crippen LogP contribution in [0.1, 0.15) is 43.5 Å². The van der Waals surface area contributed by atoms with Crippen molar-refractivity contribution in [3.63, 3.8) is 0 Å². The van der Waals surface area contributed by atoms with Gasteiger partial charge in [0.25, 0.3) is 0 Å². The lowest BCUT2D eigenvalue weighted by molar-refractivity contribution is 0.0691. The van der Waals surface area contributed by atoms with E-state index in [2.05, 4.69) is 0 Å². The summed E-state index contributed by atoms with van der Waals surface area (Å²) in [6.07, 6.45) is 2.48. The van der Waals surface area contributed by atoms with Gasteiger partial charge < -0.3 is 5.11 Å². The van der Waals surface area contributed by atoms with Gasteiger partial charge in [-0.3, -0.25) is 0 Å². The molecule has 0 spiro atoms. The molecular weight excluding hydrogens is 297 g/mol. The highest BCUT2D eigenvalue weighted by molar-refractivity contribution is 7.89. The lowest BCUT2D eigenvalue weighted by Crippen LogP contribution is -2.47. The van der Waals surface area contributed by atoms with Crippen molar-refractivity contribution in [1.29, 1.82) is 0 Å². The molecule has 1 heterocycles. The van der Waals surface area contributed by atoms with Gasteiger partial charge in [-0.15, -0.1) is 0 Å². The average molecular weight is 315 g/mol. The van der Waals surface area contributed by atoms with Crippen LogP contribution in [0.5, 0.6) is 0 Å². The summed E-state index contributed by atoms with van der Waals surface area (Å²) < 4.78 is 40.2. The van der Waals surface area contributed by atoms with Crippen LogP contribution in [0.3, 0.4) is 0 Å². The van der Waals surface area contributed by atoms with Gasteiger partial charge in [0.2, 0.25) is 10.0 Å². The van der Waals surface area contributed by atoms with Crippen molar-refractivity contribution in [1.82, 2.24) is 4.31 Å². The molecule has 1 saturated heterocycles. The minimum Gasteiger partial charge on any atom is -0.478 e. The van der Waals surface area contributed by atoms with Crippen molar-refractivity contribution in [2.24, 2.45) is 0 Å². The van der Waals surface area contributed by atoms with Crippen LogP contribution in [0.2, 0.25) is 0 Å². The standard InChI is InChI=1S/C14H18FNO4S/c1-9-4-3-5-10(2)16(9)21(19,20)11-6-7-13(15)12(8-11)14(17)18/h6-10H,3-5H2,1-2H3,(H,17,18). The molecule has 0 radical (unpaired) electrons. The van der Waals surface area contributed by atoms with E-state index in [1.54, 1.807) is 0 Å². The molecule has 0 aromatic heterocycles. The Balaban J connectivity index is 2.48. The van der Waals surface area contributed by atoms with Crippen molar-refractivity contribution in [3.8, 4) is 0 Å². The summed E-state index contributed by atoms with van der Waals surface area (Å²) in [5, 5.41) is 8.92. The zero-order valence-electron chi connectivity index (χ0n) is 11.9. The largest absolute Gasteiger partial charge is 0.478 e. The maximum Gasteiger partial charge on any atom is 0.338 e. The second kappa shape index (κ2) is 5.73. The number of nitrogens with zero attached hydrogens (tertiary/aromatic N) is 1. The third-order valence-electron chi connectivity index (χ3n) is 3.86. The van der Waals surface area contributed by atoms with Crippen LogP contribution in [-0.4, -0.2) is 35.9 Å². The fourth-order valence-corrected chi connectivity index (χ4v) is 4.73. The smallest absolute Gasteiger partial charge is 0.338 e. The van der Waals surface area contributed by atoms with Gasteiger partial charge in [0, 0.05) is 12.1 Å². The van der Waals surface area contributed by atoms with E-state index in [0.29, 0.717) is 0 Å². The van der Waals surface area contributed by atoms with Crippen molar-refractivity contribution >= 4 is 16.0 Å². The Morgan fingerprint density at radius 3 is 2.38 bits per heavy atom. The minimum absolute atomic E-state index is 0.155. The molecule has 2 rings (SSSR count). The number of hydrogen-bond donors (Lipinski definition) is 1. The Hall–Kier alpha value is -1.47. The molecule has 1 N–H and O–H groups in total. The maximum atomic E-state index is 13.4. The van der Waals surface area contributed by atoms with Gasteiger partial charge in [-0.1, -0.05) is 6.42 Å². The molecule has 0 amide bonds. The summed E-state index contributed by atoms with van der Waals surface area (Å²) >= 11 is 0. The second-order valence-corrected chi connectivity index (χ2v) is 7.25. The fourth-order valence-electron chi connectivity index (χ4n) is 2.82. The molecule has 2 unspecified atom stereocenters. The number of carbonyl (C=O) groups is 1. The van der Waals surface area contributed by atoms with Crippen molar-refractivity contribution in [2.45, 2.75) is 50.1 Å². The predicted molar refractivity (Wildman–Crippen MR) is 75.2 cm³/mol. The van der Waals surface area contributed by atoms with Crippen LogP contribution in [-0.2, 0) is 10.0 Å². The van der Waals surface area contributed by atoms with E-state index in [1.165, 1.54) is 4.31 Å². The Morgan fingerprint density at radius 1 is 1.29 bits per heavy atom. The quantitative estimate of drug-likeness (QED) is 0.930. The highest BCUT2D eigenvalue weighted by atomic mass is 32.2. The summed E-state index contributed by atoms with van der Waals surface area (Å²) in [4.78, 5) is 10.8. The van der Waals surface area contributed by atoms with E-state index in [-0.39, 0.29) is 17.0 Å². The van der Waals surface area contributed by atoms with Crippen molar-refractivity contribution in [3.05, 3.63) is 29.6 Å². The molecule has 1 fully saturated rings. The van der Waals surface area contributed by atoms with Crippen molar-refractivity contribution in [2.75, 3.05) is 0 Å². The monoisotopic (exact) mass is 315 g/mol. The average Bonchev–Trinajstić information content (AvgIpc) is 2.38. The third kappa shape index (κ3) is 2.94. The summed E-state index contributed by atoms with van der Waals surface area (Å²) in [7, 11) is -3.83. The molecule has 116 valence electrons. The zero-order chi connectivity index (χ0) is 15.8. The van der Waals surface area contributed by atoms with E-state index in [9.17, 15) is 17.6 Å². The number of hydrogen-bond acceptors (Lipinski definition) is 3. The molecular formula is C14H18FNO4S. The van der Waals surface area contributed by atoms with Crippen LogP contribution in [0.4, 0.5) is 4.39 Å². The number of carboxylic acids is 1. The Morgan fingerprint density at radius 2 is 1.86 bits per heavy atom. The molecule has 1 aromatic carbocycles. The molecule has 0 aliphatic carbocycles. The molecule has 1 aliphatic heterocycles. The summed E-state index contributed by atoms with van der Waals surface area (Å²) in [6.45, 7) is 3.66. The van der Waals surface area contributed by atoms with Gasteiger partial charge in [-0.2, -0.15) is 4.31 Å². The lowest BCUT2D eigenvalue weighted by Gasteiger charge is -2.37. The molecule has 5 nitrogen and oxygen atoms in total. The van der Waals surface area contributed by atoms with E-state index < -0.39 is 27.4 Å². The van der Waals surface area contributed by atoms with Crippen LogP contribution in [0, 0.1) is 5.82 Å². The lowest BCUT2D eigenvalue weighted by atomic mass is 10.0. The van der Waals surface area contributed by atoms with E-state index in [0.717, 1.165) is 37.5 Å². The van der Waals surface area contributed by atoms with Gasteiger partial charge in [0.05, 0.1) is 10.5 Å². The number of benzene rings is 1. The SMILES string of the molecule is CC1CCCC(C)N1S(=O)(=O)c1ccc(F)c(C(=O)O)c1. The molecule has 0 saturated carbocycles. The Labute approximate surface area is 123 Å². The van der Waals surface area contributed by atoms with Crippen LogP contribution < -0.4 is 0 Å². The zero-order valence-corrected chi connectivity index (χ0v) is 12.7. The van der Waals surface area contributed by atoms with Gasteiger partial charge in [0.15, 0.2) is 0 Å². The van der Waals surface area contributed by atoms with Crippen LogP contribution >= 0.6 is 0 Å². The minimum atomic E-state index is -3.83. The fraction of sp³-hybridized carbons (Fsp3) is 0.500. The van der Waals surface area contributed by atoms with Crippen LogP contribution in [0.15, 0.2) is 23.1 Å². The first-order valence-electron chi connectivity index (χ1n) is 6.81. The molecule has 2 atom stereocenters. The summed E-state index contributed by atoms with van der Waals surface area (Å²) in [6, 6.07) is 2.58. The molecule has 21 heavy (non-hydrogen) atoms. The number of aromatic carboxylic acids is 1. The first kappa shape index (κ1) is 15.9. The second-order valence-electron chi connectivity index (χ2n) is 5.41.